The standard InChI is InChI=1S/C17H21F2NO2/c18-13-6-7-14(15(19)10-13)17(21)22-11-12-4-3-9-20-8-2-1-5-16(12)20/h6-7,10,12,16H,1-5,8-9,11H2. The Labute approximate surface area is 129 Å². The molecule has 2 aliphatic rings. The van der Waals surface area contributed by atoms with Crippen molar-refractivity contribution in [1.29, 1.82) is 0 Å². The number of hydrogen-bond donors (Lipinski definition) is 0. The Balaban J connectivity index is 1.60. The highest BCUT2D eigenvalue weighted by atomic mass is 19.1. The van der Waals surface area contributed by atoms with Gasteiger partial charge in [0.2, 0.25) is 0 Å². The van der Waals surface area contributed by atoms with E-state index in [4.69, 9.17) is 4.74 Å². The number of fused-ring (bicyclic) bond motifs is 1. The van der Waals surface area contributed by atoms with Crippen LogP contribution in [0, 0.1) is 17.6 Å². The molecule has 5 heteroatoms. The van der Waals surface area contributed by atoms with E-state index in [1.54, 1.807) is 0 Å². The van der Waals surface area contributed by atoms with Crippen LogP contribution in [-0.4, -0.2) is 36.6 Å². The van der Waals surface area contributed by atoms with Gasteiger partial charge in [-0.2, -0.15) is 0 Å². The van der Waals surface area contributed by atoms with E-state index in [1.165, 1.54) is 12.8 Å². The van der Waals surface area contributed by atoms with Crippen LogP contribution in [0.2, 0.25) is 0 Å². The summed E-state index contributed by atoms with van der Waals surface area (Å²) in [5.41, 5.74) is -0.197. The molecule has 3 nitrogen and oxygen atoms in total. The predicted octanol–water partition coefficient (Wildman–Crippen LogP) is 3.39. The van der Waals surface area contributed by atoms with Crippen molar-refractivity contribution in [3.05, 3.63) is 35.4 Å². The first-order valence-corrected chi connectivity index (χ1v) is 8.01. The summed E-state index contributed by atoms with van der Waals surface area (Å²) in [7, 11) is 0. The molecule has 0 aliphatic carbocycles. The van der Waals surface area contributed by atoms with Gasteiger partial charge in [0.05, 0.1) is 12.2 Å². The lowest BCUT2D eigenvalue weighted by Gasteiger charge is -2.44. The molecule has 2 fully saturated rings. The number of benzene rings is 1. The van der Waals surface area contributed by atoms with Gasteiger partial charge in [0, 0.05) is 18.0 Å². The third-order valence-corrected chi connectivity index (χ3v) is 4.81. The first-order valence-electron chi connectivity index (χ1n) is 8.01. The second-order valence-electron chi connectivity index (χ2n) is 6.22. The average molecular weight is 309 g/mol. The van der Waals surface area contributed by atoms with Crippen molar-refractivity contribution in [1.82, 2.24) is 4.90 Å². The highest BCUT2D eigenvalue weighted by Crippen LogP contribution is 2.31. The Morgan fingerprint density at radius 3 is 2.82 bits per heavy atom. The van der Waals surface area contributed by atoms with Crippen molar-refractivity contribution >= 4 is 5.97 Å². The molecule has 2 unspecified atom stereocenters. The first-order chi connectivity index (χ1) is 10.6. The smallest absolute Gasteiger partial charge is 0.341 e. The average Bonchev–Trinajstić information content (AvgIpc) is 2.52. The summed E-state index contributed by atoms with van der Waals surface area (Å²) in [6.07, 6.45) is 5.76. The van der Waals surface area contributed by atoms with E-state index in [2.05, 4.69) is 4.90 Å². The van der Waals surface area contributed by atoms with Crippen LogP contribution in [-0.2, 0) is 4.74 Å². The maximum atomic E-state index is 13.6. The summed E-state index contributed by atoms with van der Waals surface area (Å²) in [6, 6.07) is 3.40. The van der Waals surface area contributed by atoms with Gasteiger partial charge < -0.3 is 4.74 Å². The molecule has 2 atom stereocenters. The number of carbonyl (C=O) groups excluding carboxylic acids is 1. The summed E-state index contributed by atoms with van der Waals surface area (Å²) < 4.78 is 31.8. The molecule has 0 amide bonds. The van der Waals surface area contributed by atoms with Crippen LogP contribution >= 0.6 is 0 Å². The fourth-order valence-corrected chi connectivity index (χ4v) is 3.69. The number of esters is 1. The second kappa shape index (κ2) is 6.73. The van der Waals surface area contributed by atoms with Crippen LogP contribution < -0.4 is 0 Å². The lowest BCUT2D eigenvalue weighted by molar-refractivity contribution is 0.00711. The normalized spacial score (nSPS) is 25.5. The SMILES string of the molecule is O=C(OCC1CCCN2CCCCC12)c1ccc(F)cc1F. The Morgan fingerprint density at radius 1 is 1.18 bits per heavy atom. The monoisotopic (exact) mass is 309 g/mol. The molecule has 0 aromatic heterocycles. The number of hydrogen-bond acceptors (Lipinski definition) is 3. The summed E-state index contributed by atoms with van der Waals surface area (Å²) >= 11 is 0. The lowest BCUT2D eigenvalue weighted by Crippen LogP contribution is -2.49. The van der Waals surface area contributed by atoms with E-state index in [9.17, 15) is 13.6 Å². The fourth-order valence-electron chi connectivity index (χ4n) is 3.69. The van der Waals surface area contributed by atoms with Crippen LogP contribution in [0.15, 0.2) is 18.2 Å². The van der Waals surface area contributed by atoms with Crippen molar-refractivity contribution in [2.45, 2.75) is 38.1 Å². The molecule has 2 heterocycles. The Hall–Kier alpha value is -1.49. The number of nitrogens with zero attached hydrogens (tertiary/aromatic N) is 1. The quantitative estimate of drug-likeness (QED) is 0.802. The topological polar surface area (TPSA) is 29.5 Å². The van der Waals surface area contributed by atoms with Crippen LogP contribution in [0.5, 0.6) is 0 Å². The number of carbonyl (C=O) groups is 1. The molecule has 0 spiro atoms. The molecule has 0 N–H and O–H groups in total. The molecule has 0 radical (unpaired) electrons. The zero-order chi connectivity index (χ0) is 15.5. The zero-order valence-electron chi connectivity index (χ0n) is 12.6. The molecular weight excluding hydrogens is 288 g/mol. The zero-order valence-corrected chi connectivity index (χ0v) is 12.6. The van der Waals surface area contributed by atoms with Crippen LogP contribution in [0.3, 0.4) is 0 Å². The van der Waals surface area contributed by atoms with Gasteiger partial charge in [0.15, 0.2) is 0 Å². The number of ether oxygens (including phenoxy) is 1. The molecule has 0 bridgehead atoms. The summed E-state index contributed by atoms with van der Waals surface area (Å²) in [5, 5.41) is 0. The summed E-state index contributed by atoms with van der Waals surface area (Å²) in [6.45, 7) is 2.57. The predicted molar refractivity (Wildman–Crippen MR) is 78.6 cm³/mol. The first kappa shape index (κ1) is 15.4. The Kier molecular flexibility index (Phi) is 4.71. The van der Waals surface area contributed by atoms with E-state index in [-0.39, 0.29) is 5.56 Å². The molecule has 1 aromatic carbocycles. The molecule has 120 valence electrons. The van der Waals surface area contributed by atoms with E-state index in [0.717, 1.165) is 44.5 Å². The minimum absolute atomic E-state index is 0.197. The maximum Gasteiger partial charge on any atom is 0.341 e. The minimum atomic E-state index is -0.868. The molecule has 2 aliphatic heterocycles. The number of halogens is 2. The van der Waals surface area contributed by atoms with Gasteiger partial charge in [-0.05, 0) is 50.9 Å². The molecular formula is C17H21F2NO2. The molecule has 2 saturated heterocycles. The van der Waals surface area contributed by atoms with Crippen molar-refractivity contribution in [2.24, 2.45) is 5.92 Å². The van der Waals surface area contributed by atoms with E-state index in [1.807, 2.05) is 0 Å². The van der Waals surface area contributed by atoms with Gasteiger partial charge in [-0.15, -0.1) is 0 Å². The second-order valence-corrected chi connectivity index (χ2v) is 6.22. The maximum absolute atomic E-state index is 13.6. The van der Waals surface area contributed by atoms with E-state index in [0.29, 0.717) is 24.6 Å². The highest BCUT2D eigenvalue weighted by molar-refractivity contribution is 5.89. The highest BCUT2D eigenvalue weighted by Gasteiger charge is 2.33. The van der Waals surface area contributed by atoms with Crippen molar-refractivity contribution in [3.63, 3.8) is 0 Å². The van der Waals surface area contributed by atoms with Gasteiger partial charge in [0.1, 0.15) is 11.6 Å². The van der Waals surface area contributed by atoms with Gasteiger partial charge in [-0.1, -0.05) is 6.42 Å². The minimum Gasteiger partial charge on any atom is -0.462 e. The number of rotatable bonds is 3. The van der Waals surface area contributed by atoms with Gasteiger partial charge in [0.25, 0.3) is 0 Å². The largest absolute Gasteiger partial charge is 0.462 e. The van der Waals surface area contributed by atoms with Crippen molar-refractivity contribution < 1.29 is 18.3 Å². The van der Waals surface area contributed by atoms with Gasteiger partial charge in [-0.25, -0.2) is 13.6 Å². The van der Waals surface area contributed by atoms with Gasteiger partial charge in [-0.3, -0.25) is 4.90 Å². The van der Waals surface area contributed by atoms with Crippen molar-refractivity contribution in [3.8, 4) is 0 Å². The third kappa shape index (κ3) is 3.29. The van der Waals surface area contributed by atoms with Crippen LogP contribution in [0.1, 0.15) is 42.5 Å². The molecule has 0 saturated carbocycles. The third-order valence-electron chi connectivity index (χ3n) is 4.81. The molecule has 1 aromatic rings. The summed E-state index contributed by atoms with van der Waals surface area (Å²) in [5.74, 6) is -1.95. The van der Waals surface area contributed by atoms with Crippen molar-refractivity contribution in [2.75, 3.05) is 19.7 Å². The molecule has 3 rings (SSSR count). The lowest BCUT2D eigenvalue weighted by atomic mass is 9.84. The van der Waals surface area contributed by atoms with Gasteiger partial charge >= 0.3 is 5.97 Å². The fraction of sp³-hybridized carbons (Fsp3) is 0.588. The summed E-state index contributed by atoms with van der Waals surface area (Å²) in [4.78, 5) is 14.5. The van der Waals surface area contributed by atoms with Crippen LogP contribution in [0.4, 0.5) is 8.78 Å². The van der Waals surface area contributed by atoms with E-state index < -0.39 is 17.6 Å². The number of piperidine rings is 2. The Bertz CT molecular complexity index is 547. The van der Waals surface area contributed by atoms with Crippen LogP contribution in [0.25, 0.3) is 0 Å². The van der Waals surface area contributed by atoms with E-state index >= 15 is 0 Å². The Morgan fingerprint density at radius 2 is 2.00 bits per heavy atom. The molecule has 22 heavy (non-hydrogen) atoms.